The molecule has 126 valence electrons. The second-order valence-electron chi connectivity index (χ2n) is 5.98. The van der Waals surface area contributed by atoms with E-state index in [1.807, 2.05) is 18.2 Å². The molecule has 2 aromatic carbocycles. The van der Waals surface area contributed by atoms with Gasteiger partial charge < -0.3 is 15.4 Å². The van der Waals surface area contributed by atoms with Gasteiger partial charge in [-0.25, -0.2) is 0 Å². The predicted molar refractivity (Wildman–Crippen MR) is 96.8 cm³/mol. The Morgan fingerprint density at radius 2 is 1.71 bits per heavy atom. The van der Waals surface area contributed by atoms with Crippen molar-refractivity contribution in [1.29, 1.82) is 0 Å². The minimum Gasteiger partial charge on any atom is -0.495 e. The van der Waals surface area contributed by atoms with Crippen LogP contribution in [0.1, 0.15) is 10.4 Å². The molecule has 3 rings (SSSR count). The number of para-hydroxylation sites is 2. The van der Waals surface area contributed by atoms with Crippen molar-refractivity contribution >= 4 is 17.2 Å². The van der Waals surface area contributed by atoms with Gasteiger partial charge in [-0.1, -0.05) is 12.1 Å². The lowest BCUT2D eigenvalue weighted by Gasteiger charge is -2.36. The number of Topliss-reactive ketones (excluding diaryl/α,β-unsaturated/α-hetero) is 1. The van der Waals surface area contributed by atoms with Gasteiger partial charge in [0.2, 0.25) is 0 Å². The smallest absolute Gasteiger partial charge is 0.176 e. The Balaban J connectivity index is 1.57. The Morgan fingerprint density at radius 3 is 2.38 bits per heavy atom. The quantitative estimate of drug-likeness (QED) is 0.675. The largest absolute Gasteiger partial charge is 0.495 e. The van der Waals surface area contributed by atoms with Crippen LogP contribution in [0.5, 0.6) is 5.75 Å². The van der Waals surface area contributed by atoms with E-state index in [1.165, 1.54) is 0 Å². The fraction of sp³-hybridized carbons (Fsp3) is 0.316. The first-order valence-corrected chi connectivity index (χ1v) is 8.16. The van der Waals surface area contributed by atoms with Crippen molar-refractivity contribution in [2.45, 2.75) is 0 Å². The number of anilines is 2. The van der Waals surface area contributed by atoms with Gasteiger partial charge in [-0.2, -0.15) is 0 Å². The van der Waals surface area contributed by atoms with Crippen LogP contribution in [0.25, 0.3) is 0 Å². The highest BCUT2D eigenvalue weighted by Gasteiger charge is 2.21. The number of carbonyl (C=O) groups is 1. The first-order chi connectivity index (χ1) is 11.7. The number of carbonyl (C=O) groups excluding carboxylic acids is 1. The van der Waals surface area contributed by atoms with Gasteiger partial charge in [0.05, 0.1) is 19.3 Å². The maximum absolute atomic E-state index is 12.4. The molecule has 1 heterocycles. The Bertz CT molecular complexity index is 692. The number of methoxy groups -OCH3 is 1. The lowest BCUT2D eigenvalue weighted by molar-refractivity contribution is 0.0926. The molecule has 1 aliphatic rings. The molecule has 2 aromatic rings. The maximum Gasteiger partial charge on any atom is 0.176 e. The molecule has 24 heavy (non-hydrogen) atoms. The van der Waals surface area contributed by atoms with E-state index in [1.54, 1.807) is 31.4 Å². The highest BCUT2D eigenvalue weighted by molar-refractivity contribution is 5.97. The summed E-state index contributed by atoms with van der Waals surface area (Å²) in [6.45, 7) is 3.94. The van der Waals surface area contributed by atoms with Gasteiger partial charge in [0.25, 0.3) is 0 Å². The maximum atomic E-state index is 12.4. The standard InChI is InChI=1S/C19H23N3O2/c1-24-19-5-3-2-4-17(19)22-12-10-21(11-13-22)14-18(23)15-6-8-16(20)9-7-15/h2-9H,10-14,20H2,1H3. The average molecular weight is 325 g/mol. The number of nitrogens with two attached hydrogens (primary N) is 1. The summed E-state index contributed by atoms with van der Waals surface area (Å²) in [5.74, 6) is 1.03. The zero-order valence-corrected chi connectivity index (χ0v) is 13.9. The Morgan fingerprint density at radius 1 is 1.04 bits per heavy atom. The molecule has 0 aromatic heterocycles. The van der Waals surface area contributed by atoms with Crippen molar-refractivity contribution in [3.63, 3.8) is 0 Å². The summed E-state index contributed by atoms with van der Waals surface area (Å²) in [6, 6.07) is 15.2. The van der Waals surface area contributed by atoms with E-state index in [-0.39, 0.29) is 5.78 Å². The number of ether oxygens (including phenoxy) is 1. The number of hydrogen-bond acceptors (Lipinski definition) is 5. The molecule has 0 spiro atoms. The number of nitrogen functional groups attached to an aromatic ring is 1. The van der Waals surface area contributed by atoms with Crippen molar-refractivity contribution in [2.24, 2.45) is 0 Å². The van der Waals surface area contributed by atoms with Crippen LogP contribution >= 0.6 is 0 Å². The lowest BCUT2D eigenvalue weighted by atomic mass is 10.1. The Kier molecular flexibility index (Phi) is 5.01. The highest BCUT2D eigenvalue weighted by atomic mass is 16.5. The van der Waals surface area contributed by atoms with Crippen molar-refractivity contribution in [3.8, 4) is 5.75 Å². The molecule has 0 saturated carbocycles. The average Bonchev–Trinajstić information content (AvgIpc) is 2.63. The molecule has 0 radical (unpaired) electrons. The van der Waals surface area contributed by atoms with Crippen LogP contribution in [0.15, 0.2) is 48.5 Å². The Hall–Kier alpha value is -2.53. The second kappa shape index (κ2) is 7.36. The van der Waals surface area contributed by atoms with Gasteiger partial charge in [-0.05, 0) is 36.4 Å². The minimum atomic E-state index is 0.140. The fourth-order valence-corrected chi connectivity index (χ4v) is 3.00. The zero-order chi connectivity index (χ0) is 16.9. The number of ketones is 1. The molecule has 0 atom stereocenters. The van der Waals surface area contributed by atoms with Crippen molar-refractivity contribution in [2.75, 3.05) is 50.5 Å². The molecular formula is C19H23N3O2. The van der Waals surface area contributed by atoms with Crippen LogP contribution in [0, 0.1) is 0 Å². The molecule has 0 aliphatic carbocycles. The first kappa shape index (κ1) is 16.3. The predicted octanol–water partition coefficient (Wildman–Crippen LogP) is 2.28. The second-order valence-corrected chi connectivity index (χ2v) is 5.98. The third kappa shape index (κ3) is 3.68. The minimum absolute atomic E-state index is 0.140. The van der Waals surface area contributed by atoms with E-state index >= 15 is 0 Å². The topological polar surface area (TPSA) is 58.8 Å². The van der Waals surface area contributed by atoms with Crippen LogP contribution in [0.3, 0.4) is 0 Å². The number of rotatable bonds is 5. The lowest BCUT2D eigenvalue weighted by Crippen LogP contribution is -2.48. The van der Waals surface area contributed by atoms with Crippen LogP contribution in [0.2, 0.25) is 0 Å². The highest BCUT2D eigenvalue weighted by Crippen LogP contribution is 2.28. The summed E-state index contributed by atoms with van der Waals surface area (Å²) in [5, 5.41) is 0. The van der Waals surface area contributed by atoms with Crippen molar-refractivity contribution in [3.05, 3.63) is 54.1 Å². The van der Waals surface area contributed by atoms with Crippen LogP contribution in [-0.4, -0.2) is 50.5 Å². The summed E-state index contributed by atoms with van der Waals surface area (Å²) in [6.07, 6.45) is 0. The van der Waals surface area contributed by atoms with E-state index in [0.29, 0.717) is 12.2 Å². The molecule has 1 aliphatic heterocycles. The summed E-state index contributed by atoms with van der Waals surface area (Å²) in [5.41, 5.74) is 8.18. The van der Waals surface area contributed by atoms with E-state index in [0.717, 1.165) is 43.2 Å². The summed E-state index contributed by atoms with van der Waals surface area (Å²) < 4.78 is 5.44. The molecule has 0 amide bonds. The molecular weight excluding hydrogens is 302 g/mol. The first-order valence-electron chi connectivity index (χ1n) is 8.16. The summed E-state index contributed by atoms with van der Waals surface area (Å²) >= 11 is 0. The number of benzene rings is 2. The van der Waals surface area contributed by atoms with Gasteiger partial charge >= 0.3 is 0 Å². The molecule has 1 fully saturated rings. The molecule has 2 N–H and O–H groups in total. The third-order valence-corrected chi connectivity index (χ3v) is 4.40. The SMILES string of the molecule is COc1ccccc1N1CCN(CC(=O)c2ccc(N)cc2)CC1. The zero-order valence-electron chi connectivity index (χ0n) is 13.9. The number of hydrogen-bond donors (Lipinski definition) is 1. The van der Waals surface area contributed by atoms with E-state index < -0.39 is 0 Å². The molecule has 1 saturated heterocycles. The van der Waals surface area contributed by atoms with Gasteiger partial charge in [0, 0.05) is 37.4 Å². The molecule has 0 unspecified atom stereocenters. The van der Waals surface area contributed by atoms with Crippen molar-refractivity contribution in [1.82, 2.24) is 4.90 Å². The normalized spacial score (nSPS) is 15.3. The van der Waals surface area contributed by atoms with E-state index in [9.17, 15) is 4.79 Å². The van der Waals surface area contributed by atoms with Crippen LogP contribution < -0.4 is 15.4 Å². The third-order valence-electron chi connectivity index (χ3n) is 4.40. The fourth-order valence-electron chi connectivity index (χ4n) is 3.00. The van der Waals surface area contributed by atoms with Gasteiger partial charge in [-0.15, -0.1) is 0 Å². The van der Waals surface area contributed by atoms with E-state index in [4.69, 9.17) is 10.5 Å². The monoisotopic (exact) mass is 325 g/mol. The van der Waals surface area contributed by atoms with Gasteiger partial charge in [-0.3, -0.25) is 9.69 Å². The van der Waals surface area contributed by atoms with Crippen LogP contribution in [-0.2, 0) is 0 Å². The van der Waals surface area contributed by atoms with E-state index in [2.05, 4.69) is 15.9 Å². The summed E-state index contributed by atoms with van der Waals surface area (Å²) in [7, 11) is 1.69. The summed E-state index contributed by atoms with van der Waals surface area (Å²) in [4.78, 5) is 16.9. The number of piperazine rings is 1. The van der Waals surface area contributed by atoms with Crippen LogP contribution in [0.4, 0.5) is 11.4 Å². The molecule has 5 heteroatoms. The van der Waals surface area contributed by atoms with Gasteiger partial charge in [0.15, 0.2) is 5.78 Å². The molecule has 0 bridgehead atoms. The van der Waals surface area contributed by atoms with Gasteiger partial charge in [0.1, 0.15) is 5.75 Å². The molecule has 5 nitrogen and oxygen atoms in total. The Labute approximate surface area is 142 Å². The number of nitrogens with zero attached hydrogens (tertiary/aromatic N) is 2. The van der Waals surface area contributed by atoms with Crippen molar-refractivity contribution < 1.29 is 9.53 Å².